The van der Waals surface area contributed by atoms with Crippen LogP contribution in [0.25, 0.3) is 0 Å². The Kier molecular flexibility index (Phi) is 3.91. The Hall–Kier alpha value is -2.83. The van der Waals surface area contributed by atoms with Gasteiger partial charge in [-0.25, -0.2) is 4.68 Å². The summed E-state index contributed by atoms with van der Waals surface area (Å²) in [5.74, 6) is 1.51. The quantitative estimate of drug-likeness (QED) is 0.902. The molecule has 1 aromatic carbocycles. The van der Waals surface area contributed by atoms with Crippen LogP contribution in [0, 0.1) is 6.92 Å². The van der Waals surface area contributed by atoms with E-state index in [9.17, 15) is 4.79 Å². The summed E-state index contributed by atoms with van der Waals surface area (Å²) in [5.41, 5.74) is 2.85. The van der Waals surface area contributed by atoms with Crippen LogP contribution in [0.15, 0.2) is 41.6 Å². The van der Waals surface area contributed by atoms with E-state index in [1.54, 1.807) is 4.68 Å². The molecule has 2 aliphatic rings. The highest BCUT2D eigenvalue weighted by molar-refractivity contribution is 5.95. The van der Waals surface area contributed by atoms with Crippen LogP contribution in [0.4, 0.5) is 11.6 Å². The standard InChI is InChI=1S/C18H22N6O/c1-13-16(12-24-18(19-13)20-14(2)21-24)17(25)23-10-8-22(9-11-23)15-6-4-3-5-7-15/h3-7H,8-12H2,1-2H3,(H,19,20,21). The Bertz CT molecular complexity index is 817. The number of aryl methyl sites for hydroxylation is 1. The second kappa shape index (κ2) is 6.23. The molecule has 1 fully saturated rings. The highest BCUT2D eigenvalue weighted by Crippen LogP contribution is 2.22. The van der Waals surface area contributed by atoms with Crippen LogP contribution in [-0.4, -0.2) is 51.8 Å². The molecule has 1 amide bonds. The van der Waals surface area contributed by atoms with Crippen LogP contribution < -0.4 is 10.2 Å². The van der Waals surface area contributed by atoms with Crippen molar-refractivity contribution in [2.45, 2.75) is 20.4 Å². The number of piperazine rings is 1. The van der Waals surface area contributed by atoms with E-state index in [0.29, 0.717) is 18.3 Å². The van der Waals surface area contributed by atoms with E-state index in [1.165, 1.54) is 5.69 Å². The summed E-state index contributed by atoms with van der Waals surface area (Å²) >= 11 is 0. The zero-order valence-electron chi connectivity index (χ0n) is 14.6. The second-order valence-corrected chi connectivity index (χ2v) is 6.48. The average Bonchev–Trinajstić information content (AvgIpc) is 3.00. The first-order chi connectivity index (χ1) is 12.1. The van der Waals surface area contributed by atoms with Crippen LogP contribution >= 0.6 is 0 Å². The van der Waals surface area contributed by atoms with E-state index < -0.39 is 0 Å². The Labute approximate surface area is 146 Å². The van der Waals surface area contributed by atoms with Crippen molar-refractivity contribution in [1.29, 1.82) is 0 Å². The Morgan fingerprint density at radius 3 is 2.52 bits per heavy atom. The van der Waals surface area contributed by atoms with Crippen LogP contribution in [0.3, 0.4) is 0 Å². The number of carbonyl (C=O) groups is 1. The lowest BCUT2D eigenvalue weighted by Gasteiger charge is -2.37. The molecule has 2 aromatic rings. The number of hydrogen-bond donors (Lipinski definition) is 1. The van der Waals surface area contributed by atoms with Gasteiger partial charge in [-0.3, -0.25) is 4.79 Å². The molecule has 4 rings (SSSR count). The third kappa shape index (κ3) is 2.97. The molecule has 1 aromatic heterocycles. The second-order valence-electron chi connectivity index (χ2n) is 6.48. The molecule has 0 bridgehead atoms. The smallest absolute Gasteiger partial charge is 0.253 e. The molecule has 25 heavy (non-hydrogen) atoms. The molecular formula is C18H22N6O. The van der Waals surface area contributed by atoms with Gasteiger partial charge >= 0.3 is 0 Å². The van der Waals surface area contributed by atoms with Crippen molar-refractivity contribution in [3.8, 4) is 0 Å². The molecule has 7 heteroatoms. The van der Waals surface area contributed by atoms with Gasteiger partial charge in [-0.15, -0.1) is 0 Å². The van der Waals surface area contributed by atoms with Crippen molar-refractivity contribution < 1.29 is 4.79 Å². The fraction of sp³-hybridized carbons (Fsp3) is 0.389. The number of benzene rings is 1. The lowest BCUT2D eigenvalue weighted by atomic mass is 10.1. The average molecular weight is 338 g/mol. The highest BCUT2D eigenvalue weighted by atomic mass is 16.2. The number of aromatic nitrogens is 3. The summed E-state index contributed by atoms with van der Waals surface area (Å²) in [6, 6.07) is 10.3. The molecule has 0 radical (unpaired) electrons. The van der Waals surface area contributed by atoms with Gasteiger partial charge < -0.3 is 15.1 Å². The largest absolute Gasteiger partial charge is 0.368 e. The van der Waals surface area contributed by atoms with Gasteiger partial charge in [0.1, 0.15) is 5.82 Å². The minimum atomic E-state index is 0.0940. The van der Waals surface area contributed by atoms with Crippen LogP contribution in [0.2, 0.25) is 0 Å². The van der Waals surface area contributed by atoms with Gasteiger partial charge in [-0.05, 0) is 26.0 Å². The van der Waals surface area contributed by atoms with E-state index in [1.807, 2.05) is 36.9 Å². The molecule has 1 saturated heterocycles. The lowest BCUT2D eigenvalue weighted by molar-refractivity contribution is -0.127. The molecule has 0 aliphatic carbocycles. The summed E-state index contributed by atoms with van der Waals surface area (Å²) in [7, 11) is 0. The van der Waals surface area contributed by atoms with Gasteiger partial charge in [0.15, 0.2) is 0 Å². The van der Waals surface area contributed by atoms with Gasteiger partial charge in [-0.2, -0.15) is 10.1 Å². The number of allylic oxidation sites excluding steroid dienone is 1. The molecule has 0 unspecified atom stereocenters. The van der Waals surface area contributed by atoms with E-state index in [-0.39, 0.29) is 5.91 Å². The van der Waals surface area contributed by atoms with Gasteiger partial charge in [0.25, 0.3) is 5.91 Å². The van der Waals surface area contributed by atoms with E-state index >= 15 is 0 Å². The van der Waals surface area contributed by atoms with E-state index in [0.717, 1.165) is 37.4 Å². The Morgan fingerprint density at radius 1 is 1.08 bits per heavy atom. The summed E-state index contributed by atoms with van der Waals surface area (Å²) < 4.78 is 1.76. The number of hydrogen-bond acceptors (Lipinski definition) is 5. The zero-order valence-corrected chi connectivity index (χ0v) is 14.6. The Balaban J connectivity index is 1.44. The molecule has 1 N–H and O–H groups in total. The first-order valence-electron chi connectivity index (χ1n) is 8.59. The number of para-hydroxylation sites is 1. The predicted molar refractivity (Wildman–Crippen MR) is 96.3 cm³/mol. The highest BCUT2D eigenvalue weighted by Gasteiger charge is 2.28. The van der Waals surface area contributed by atoms with Crippen molar-refractivity contribution >= 4 is 17.5 Å². The summed E-state index contributed by atoms with van der Waals surface area (Å²) in [6.07, 6.45) is 0. The van der Waals surface area contributed by atoms with Gasteiger partial charge in [0.2, 0.25) is 5.95 Å². The van der Waals surface area contributed by atoms with Crippen molar-refractivity contribution in [3.63, 3.8) is 0 Å². The number of anilines is 2. The third-order valence-electron chi connectivity index (χ3n) is 4.78. The molecule has 130 valence electrons. The molecular weight excluding hydrogens is 316 g/mol. The molecule has 2 aliphatic heterocycles. The molecule has 0 saturated carbocycles. The first kappa shape index (κ1) is 15.7. The maximum Gasteiger partial charge on any atom is 0.253 e. The maximum atomic E-state index is 13.0. The van der Waals surface area contributed by atoms with E-state index in [2.05, 4.69) is 32.4 Å². The van der Waals surface area contributed by atoms with Gasteiger partial charge in [0.05, 0.1) is 12.1 Å². The minimum Gasteiger partial charge on any atom is -0.368 e. The summed E-state index contributed by atoms with van der Waals surface area (Å²) in [4.78, 5) is 21.6. The van der Waals surface area contributed by atoms with Crippen molar-refractivity contribution in [3.05, 3.63) is 47.4 Å². The summed E-state index contributed by atoms with van der Waals surface area (Å²) in [5, 5.41) is 7.54. The lowest BCUT2D eigenvalue weighted by Crippen LogP contribution is -2.49. The molecule has 0 spiro atoms. The first-order valence-corrected chi connectivity index (χ1v) is 8.59. The number of carbonyl (C=O) groups excluding carboxylic acids is 1. The minimum absolute atomic E-state index is 0.0940. The molecule has 7 nitrogen and oxygen atoms in total. The fourth-order valence-electron chi connectivity index (χ4n) is 3.40. The molecule has 0 atom stereocenters. The SMILES string of the molecule is CC1=C(C(=O)N2CCN(c3ccccc3)CC2)Cn2nc(C)nc2N1. The third-order valence-corrected chi connectivity index (χ3v) is 4.78. The summed E-state index contributed by atoms with van der Waals surface area (Å²) in [6.45, 7) is 7.42. The van der Waals surface area contributed by atoms with Crippen molar-refractivity contribution in [1.82, 2.24) is 19.7 Å². The monoisotopic (exact) mass is 338 g/mol. The fourth-order valence-corrected chi connectivity index (χ4v) is 3.40. The van der Waals surface area contributed by atoms with Crippen LogP contribution in [-0.2, 0) is 11.3 Å². The topological polar surface area (TPSA) is 66.3 Å². The number of nitrogens with one attached hydrogen (secondary N) is 1. The van der Waals surface area contributed by atoms with Crippen molar-refractivity contribution in [2.75, 3.05) is 36.4 Å². The van der Waals surface area contributed by atoms with Crippen molar-refractivity contribution in [2.24, 2.45) is 0 Å². The maximum absolute atomic E-state index is 13.0. The van der Waals surface area contributed by atoms with Crippen LogP contribution in [0.1, 0.15) is 12.7 Å². The number of amides is 1. The van der Waals surface area contributed by atoms with Gasteiger partial charge in [0, 0.05) is 37.6 Å². The number of fused-ring (bicyclic) bond motifs is 1. The number of rotatable bonds is 2. The number of nitrogens with zero attached hydrogens (tertiary/aromatic N) is 5. The van der Waals surface area contributed by atoms with E-state index in [4.69, 9.17) is 0 Å². The van der Waals surface area contributed by atoms with Gasteiger partial charge in [-0.1, -0.05) is 18.2 Å². The normalized spacial score (nSPS) is 17.4. The Morgan fingerprint density at radius 2 is 1.80 bits per heavy atom. The predicted octanol–water partition coefficient (Wildman–Crippen LogP) is 1.63. The van der Waals surface area contributed by atoms with Crippen LogP contribution in [0.5, 0.6) is 0 Å². The zero-order chi connectivity index (χ0) is 17.4. The molecule has 3 heterocycles.